The summed E-state index contributed by atoms with van der Waals surface area (Å²) < 4.78 is 0. The highest BCUT2D eigenvalue weighted by Gasteiger charge is 2.25. The van der Waals surface area contributed by atoms with Gasteiger partial charge in [-0.3, -0.25) is 0 Å². The van der Waals surface area contributed by atoms with E-state index in [1.165, 1.54) is 0 Å². The highest BCUT2D eigenvalue weighted by Crippen LogP contribution is 2.27. The molecule has 0 aliphatic rings. The van der Waals surface area contributed by atoms with Gasteiger partial charge in [-0.25, -0.2) is 0 Å². The summed E-state index contributed by atoms with van der Waals surface area (Å²) in [6, 6.07) is 2.61. The van der Waals surface area contributed by atoms with Crippen molar-refractivity contribution in [3.05, 3.63) is 11.8 Å². The molecule has 0 nitrogen and oxygen atoms in total. The smallest absolute Gasteiger partial charge is 0.146 e. The van der Waals surface area contributed by atoms with E-state index < -0.39 is 13.4 Å². The van der Waals surface area contributed by atoms with Crippen LogP contribution >= 0.6 is 44.3 Å². The van der Waals surface area contributed by atoms with Gasteiger partial charge in [0.15, 0.2) is 0 Å². The summed E-state index contributed by atoms with van der Waals surface area (Å²) in [5, 5.41) is 0. The summed E-state index contributed by atoms with van der Waals surface area (Å²) in [6.45, 7) is -0.0154. The second-order valence-corrected chi connectivity index (χ2v) is 18.3. The van der Waals surface area contributed by atoms with E-state index in [2.05, 4.69) is 0 Å². The zero-order chi connectivity index (χ0) is 11.2. The van der Waals surface area contributed by atoms with Crippen LogP contribution in [-0.2, 0) is 0 Å². The lowest BCUT2D eigenvalue weighted by Gasteiger charge is -2.12. The van der Waals surface area contributed by atoms with E-state index in [-0.39, 0.29) is 0 Å². The van der Waals surface area contributed by atoms with Gasteiger partial charge in [-0.15, -0.1) is 44.3 Å². The topological polar surface area (TPSA) is 0 Å². The molecule has 0 amide bonds. The maximum Gasteiger partial charge on any atom is 0.273 e. The maximum atomic E-state index is 6.12. The van der Waals surface area contributed by atoms with Crippen molar-refractivity contribution in [1.29, 1.82) is 0 Å². The van der Waals surface area contributed by atoms with Gasteiger partial charge in [-0.2, -0.15) is 0 Å². The lowest BCUT2D eigenvalue weighted by Crippen LogP contribution is -2.16. The first-order valence-corrected chi connectivity index (χ1v) is 13.5. The van der Waals surface area contributed by atoms with Crippen LogP contribution in [0.1, 0.15) is 20.3 Å². The molecule has 0 atom stereocenters. The molecule has 0 aromatic heterocycles. The maximum absolute atomic E-state index is 6.12. The number of hydrogen-bond acceptors (Lipinski definition) is 0. The van der Waals surface area contributed by atoms with E-state index in [0.29, 0.717) is 0 Å². The first-order valence-electron chi connectivity index (χ1n) is 4.76. The highest BCUT2D eigenvalue weighted by molar-refractivity contribution is 7.47. The van der Waals surface area contributed by atoms with Gasteiger partial charge in [0.1, 0.15) is 0 Å². The molecule has 0 unspecified atom stereocenters. The van der Waals surface area contributed by atoms with Gasteiger partial charge in [-0.1, -0.05) is 25.6 Å². The fourth-order valence-electron chi connectivity index (χ4n) is 0.845. The fourth-order valence-corrected chi connectivity index (χ4v) is 3.72. The summed E-state index contributed by atoms with van der Waals surface area (Å²) in [5.74, 6) is 0. The Kier molecular flexibility index (Phi) is 7.47. The van der Waals surface area contributed by atoms with Gasteiger partial charge in [0, 0.05) is 0 Å². The van der Waals surface area contributed by atoms with E-state index in [4.69, 9.17) is 44.3 Å². The largest absolute Gasteiger partial charge is 0.273 e. The fraction of sp³-hybridized carbons (Fsp3) is 0.750. The lowest BCUT2D eigenvalue weighted by atomic mass is 10.5. The molecule has 0 spiro atoms. The Balaban J connectivity index is 3.85. The Morgan fingerprint density at radius 2 is 1.57 bits per heavy atom. The first kappa shape index (κ1) is 15.3. The zero-order valence-electron chi connectivity index (χ0n) is 8.49. The van der Waals surface area contributed by atoms with E-state index in [0.717, 1.165) is 24.6 Å². The van der Waals surface area contributed by atoms with Crippen LogP contribution in [0.2, 0.25) is 18.1 Å². The molecule has 0 fully saturated rings. The molecular weight excluding hydrogens is 294 g/mol. The summed E-state index contributed by atoms with van der Waals surface area (Å²) in [4.78, 5) is 0. The van der Waals surface area contributed by atoms with Crippen LogP contribution < -0.4 is 0 Å². The van der Waals surface area contributed by atoms with Gasteiger partial charge in [-0.05, 0) is 24.6 Å². The molecule has 0 aliphatic carbocycles. The van der Waals surface area contributed by atoms with Crippen LogP contribution in [0.4, 0.5) is 0 Å². The van der Waals surface area contributed by atoms with Crippen molar-refractivity contribution >= 4 is 57.7 Å². The van der Waals surface area contributed by atoms with E-state index in [1.807, 2.05) is 25.6 Å². The minimum atomic E-state index is -2.09. The van der Waals surface area contributed by atoms with Crippen molar-refractivity contribution in [2.24, 2.45) is 0 Å². The minimum Gasteiger partial charge on any atom is -0.146 e. The van der Waals surface area contributed by atoms with Crippen molar-refractivity contribution in [2.75, 3.05) is 0 Å². The van der Waals surface area contributed by atoms with E-state index in [1.54, 1.807) is 0 Å². The van der Waals surface area contributed by atoms with Gasteiger partial charge < -0.3 is 0 Å². The zero-order valence-corrected chi connectivity index (χ0v) is 13.5. The quantitative estimate of drug-likeness (QED) is 0.458. The Morgan fingerprint density at radius 1 is 1.00 bits per heavy atom. The Hall–Kier alpha value is 1.33. The van der Waals surface area contributed by atoms with Gasteiger partial charge in [0.2, 0.25) is 0 Å². The van der Waals surface area contributed by atoms with Crippen LogP contribution in [0, 0.1) is 0 Å². The molecule has 6 heteroatoms. The van der Waals surface area contributed by atoms with Crippen LogP contribution in [0.15, 0.2) is 11.8 Å². The first-order chi connectivity index (χ1) is 6.33. The number of allylic oxidation sites excluding steroid dienone is 1. The normalized spacial score (nSPS) is 13.9. The highest BCUT2D eigenvalue weighted by atomic mass is 35.7. The third-order valence-corrected chi connectivity index (χ3v) is 10.8. The Labute approximate surface area is 107 Å². The third-order valence-electron chi connectivity index (χ3n) is 2.03. The molecule has 0 saturated carbocycles. The van der Waals surface area contributed by atoms with Gasteiger partial charge in [0.05, 0.1) is 0 Å². The number of halogens is 4. The molecule has 0 heterocycles. The van der Waals surface area contributed by atoms with Crippen LogP contribution in [0.25, 0.3) is 0 Å². The third kappa shape index (κ3) is 7.60. The van der Waals surface area contributed by atoms with Crippen molar-refractivity contribution < 1.29 is 0 Å². The molecule has 0 aromatic rings. The summed E-state index contributed by atoms with van der Waals surface area (Å²) >= 11 is 24.4. The van der Waals surface area contributed by atoms with Crippen molar-refractivity contribution in [3.63, 3.8) is 0 Å². The standard InChI is InChI=1S/C8H16Cl4Si2/c1-3-13(9,10)7-5-6-8-14(11,12)4-2/h5,7H,3-4,6,8H2,1-2H3. The van der Waals surface area contributed by atoms with Crippen LogP contribution in [0.3, 0.4) is 0 Å². The Bertz CT molecular complexity index is 192. The molecule has 0 bridgehead atoms. The summed E-state index contributed by atoms with van der Waals surface area (Å²) in [6.07, 6.45) is 2.92. The van der Waals surface area contributed by atoms with Crippen molar-refractivity contribution in [1.82, 2.24) is 0 Å². The van der Waals surface area contributed by atoms with Crippen molar-refractivity contribution in [2.45, 2.75) is 38.4 Å². The molecule has 84 valence electrons. The lowest BCUT2D eigenvalue weighted by molar-refractivity contribution is 1.17. The second-order valence-electron chi connectivity index (χ2n) is 3.27. The monoisotopic (exact) mass is 308 g/mol. The average Bonchev–Trinajstić information content (AvgIpc) is 2.13. The SMILES string of the molecule is CC[Si](Cl)(Cl)C=CCC[Si](Cl)(Cl)CC. The van der Waals surface area contributed by atoms with E-state index >= 15 is 0 Å². The van der Waals surface area contributed by atoms with E-state index in [9.17, 15) is 0 Å². The molecule has 0 rings (SSSR count). The second kappa shape index (κ2) is 6.82. The number of rotatable bonds is 6. The molecule has 0 saturated heterocycles. The van der Waals surface area contributed by atoms with Gasteiger partial charge >= 0.3 is 0 Å². The van der Waals surface area contributed by atoms with Crippen LogP contribution in [0.5, 0.6) is 0 Å². The van der Waals surface area contributed by atoms with Crippen molar-refractivity contribution in [3.8, 4) is 0 Å². The van der Waals surface area contributed by atoms with Crippen LogP contribution in [-0.4, -0.2) is 13.4 Å². The molecule has 0 N–H and O–H groups in total. The molecule has 0 radical (unpaired) electrons. The minimum absolute atomic E-state index is 0.838. The molecular formula is C8H16Cl4Si2. The van der Waals surface area contributed by atoms with Gasteiger partial charge in [0.25, 0.3) is 13.4 Å². The average molecular weight is 310 g/mol. The molecule has 14 heavy (non-hydrogen) atoms. The summed E-state index contributed by atoms with van der Waals surface area (Å²) in [7, 11) is 0. The molecule has 0 aromatic carbocycles. The summed E-state index contributed by atoms with van der Waals surface area (Å²) in [5.41, 5.74) is 1.95. The Morgan fingerprint density at radius 3 is 2.00 bits per heavy atom. The molecule has 0 aliphatic heterocycles. The number of hydrogen-bond donors (Lipinski definition) is 0. The predicted octanol–water partition coefficient (Wildman–Crippen LogP) is 5.35. The predicted molar refractivity (Wildman–Crippen MR) is 74.4 cm³/mol.